The second-order valence-corrected chi connectivity index (χ2v) is 10.5. The molecule has 1 aromatic carbocycles. The van der Waals surface area contributed by atoms with Crippen LogP contribution < -0.4 is 10.6 Å². The van der Waals surface area contributed by atoms with Gasteiger partial charge < -0.3 is 4.90 Å². The van der Waals surface area contributed by atoms with Crippen molar-refractivity contribution in [3.8, 4) is 11.3 Å². The molecule has 1 saturated heterocycles. The average molecular weight is 533 g/mol. The van der Waals surface area contributed by atoms with Gasteiger partial charge in [-0.2, -0.15) is 18.2 Å². The number of unbranched alkanes of at least 4 members (excludes halogenated alkanes) is 1. The van der Waals surface area contributed by atoms with Crippen LogP contribution in [-0.2, 0) is 18.1 Å². The lowest BCUT2D eigenvalue weighted by atomic mass is 9.95. The number of alkyl halides is 3. The zero-order valence-electron chi connectivity index (χ0n) is 21.8. The molecular formula is C27H32F4N6O. The SMILES string of the molecule is CC(C)(C)c1nc(N2CCN(CCCCn3ccc(-c4ccc(F)cc4)nc3=O)CC2)cc(C(F)(F)F)n1. The van der Waals surface area contributed by atoms with Crippen molar-refractivity contribution in [3.63, 3.8) is 0 Å². The molecule has 0 saturated carbocycles. The van der Waals surface area contributed by atoms with E-state index in [9.17, 15) is 22.4 Å². The summed E-state index contributed by atoms with van der Waals surface area (Å²) in [5.41, 5.74) is -0.675. The lowest BCUT2D eigenvalue weighted by Crippen LogP contribution is -2.47. The highest BCUT2D eigenvalue weighted by Gasteiger charge is 2.36. The Labute approximate surface area is 219 Å². The zero-order valence-corrected chi connectivity index (χ0v) is 21.8. The Morgan fingerprint density at radius 3 is 2.13 bits per heavy atom. The Balaban J connectivity index is 1.27. The van der Waals surface area contributed by atoms with Crippen LogP contribution in [0.15, 0.2) is 47.4 Å². The Bertz CT molecular complexity index is 1260. The van der Waals surface area contributed by atoms with E-state index >= 15 is 0 Å². The third kappa shape index (κ3) is 6.94. The summed E-state index contributed by atoms with van der Waals surface area (Å²) in [6.07, 6.45) is -1.17. The predicted molar refractivity (Wildman–Crippen MR) is 138 cm³/mol. The topological polar surface area (TPSA) is 67.2 Å². The standard InChI is InChI=1S/C27H32F4N6O/c1-26(2,3)24-33-22(27(29,30)31)18-23(34-24)36-16-14-35(15-17-36)11-4-5-12-37-13-10-21(32-25(37)38)19-6-8-20(28)9-7-19/h6-10,13,18H,4-5,11-12,14-17H2,1-3H3. The number of aromatic nitrogens is 4. The lowest BCUT2D eigenvalue weighted by Gasteiger charge is -2.36. The van der Waals surface area contributed by atoms with E-state index in [0.29, 0.717) is 49.8 Å². The highest BCUT2D eigenvalue weighted by molar-refractivity contribution is 5.58. The van der Waals surface area contributed by atoms with Gasteiger partial charge in [0.05, 0.1) is 5.69 Å². The Morgan fingerprint density at radius 2 is 1.53 bits per heavy atom. The maximum Gasteiger partial charge on any atom is 0.433 e. The number of hydrogen-bond donors (Lipinski definition) is 0. The molecule has 0 bridgehead atoms. The van der Waals surface area contributed by atoms with Crippen LogP contribution in [0.1, 0.15) is 45.1 Å². The second-order valence-electron chi connectivity index (χ2n) is 10.5. The van der Waals surface area contributed by atoms with E-state index in [4.69, 9.17) is 0 Å². The largest absolute Gasteiger partial charge is 0.433 e. The van der Waals surface area contributed by atoms with Crippen molar-refractivity contribution in [1.82, 2.24) is 24.4 Å². The van der Waals surface area contributed by atoms with Crippen LogP contribution in [-0.4, -0.2) is 57.1 Å². The molecule has 0 aliphatic carbocycles. The van der Waals surface area contributed by atoms with Crippen molar-refractivity contribution >= 4 is 5.82 Å². The Morgan fingerprint density at radius 1 is 0.868 bits per heavy atom. The number of aryl methyl sites for hydroxylation is 1. The van der Waals surface area contributed by atoms with Gasteiger partial charge in [0, 0.05) is 56.0 Å². The summed E-state index contributed by atoms with van der Waals surface area (Å²) in [5.74, 6) is 0.149. The first-order valence-corrected chi connectivity index (χ1v) is 12.7. The van der Waals surface area contributed by atoms with E-state index < -0.39 is 17.3 Å². The number of halogens is 4. The van der Waals surface area contributed by atoms with Crippen molar-refractivity contribution in [2.24, 2.45) is 0 Å². The molecule has 0 amide bonds. The van der Waals surface area contributed by atoms with Gasteiger partial charge in [0.15, 0.2) is 0 Å². The maximum absolute atomic E-state index is 13.4. The van der Waals surface area contributed by atoms with Crippen LogP contribution in [0.2, 0.25) is 0 Å². The minimum Gasteiger partial charge on any atom is -0.354 e. The number of hydrogen-bond acceptors (Lipinski definition) is 6. The van der Waals surface area contributed by atoms with Gasteiger partial charge in [0.1, 0.15) is 23.2 Å². The van der Waals surface area contributed by atoms with Crippen molar-refractivity contribution in [2.45, 2.75) is 51.7 Å². The molecule has 4 rings (SSSR count). The van der Waals surface area contributed by atoms with Gasteiger partial charge in [0.25, 0.3) is 0 Å². The fraction of sp³-hybridized carbons (Fsp3) is 0.481. The summed E-state index contributed by atoms with van der Waals surface area (Å²) >= 11 is 0. The van der Waals surface area contributed by atoms with Crippen LogP contribution in [0.4, 0.5) is 23.4 Å². The summed E-state index contributed by atoms with van der Waals surface area (Å²) in [6.45, 7) is 9.34. The molecule has 0 unspecified atom stereocenters. The molecular weight excluding hydrogens is 500 g/mol. The van der Waals surface area contributed by atoms with Crippen LogP contribution in [0, 0.1) is 5.82 Å². The molecule has 204 valence electrons. The molecule has 0 radical (unpaired) electrons. The molecule has 11 heteroatoms. The third-order valence-electron chi connectivity index (χ3n) is 6.51. The van der Waals surface area contributed by atoms with Gasteiger partial charge in [-0.15, -0.1) is 0 Å². The van der Waals surface area contributed by atoms with E-state index in [1.54, 1.807) is 49.7 Å². The minimum atomic E-state index is -4.53. The van der Waals surface area contributed by atoms with Gasteiger partial charge in [-0.1, -0.05) is 20.8 Å². The molecule has 38 heavy (non-hydrogen) atoms. The minimum absolute atomic E-state index is 0.181. The first-order chi connectivity index (χ1) is 17.9. The van der Waals surface area contributed by atoms with Gasteiger partial charge in [0.2, 0.25) is 0 Å². The van der Waals surface area contributed by atoms with E-state index in [1.807, 2.05) is 4.90 Å². The van der Waals surface area contributed by atoms with Crippen LogP contribution in [0.25, 0.3) is 11.3 Å². The summed E-state index contributed by atoms with van der Waals surface area (Å²) < 4.78 is 55.0. The molecule has 1 aliphatic rings. The normalized spacial score (nSPS) is 15.2. The fourth-order valence-corrected chi connectivity index (χ4v) is 4.28. The molecule has 7 nitrogen and oxygen atoms in total. The van der Waals surface area contributed by atoms with Crippen molar-refractivity contribution in [1.29, 1.82) is 0 Å². The van der Waals surface area contributed by atoms with Crippen LogP contribution in [0.3, 0.4) is 0 Å². The van der Waals surface area contributed by atoms with E-state index in [2.05, 4.69) is 19.9 Å². The Kier molecular flexibility index (Phi) is 8.15. The molecule has 1 fully saturated rings. The Hall–Kier alpha value is -3.34. The highest BCUT2D eigenvalue weighted by atomic mass is 19.4. The van der Waals surface area contributed by atoms with Crippen molar-refractivity contribution < 1.29 is 17.6 Å². The van der Waals surface area contributed by atoms with E-state index in [-0.39, 0.29) is 17.3 Å². The smallest absolute Gasteiger partial charge is 0.354 e. The zero-order chi connectivity index (χ0) is 27.5. The third-order valence-corrected chi connectivity index (χ3v) is 6.51. The van der Waals surface area contributed by atoms with E-state index in [1.165, 1.54) is 12.1 Å². The van der Waals surface area contributed by atoms with Gasteiger partial charge >= 0.3 is 11.9 Å². The summed E-state index contributed by atoms with van der Waals surface area (Å²) in [5, 5.41) is 0. The summed E-state index contributed by atoms with van der Waals surface area (Å²) in [7, 11) is 0. The number of nitrogens with zero attached hydrogens (tertiary/aromatic N) is 6. The monoisotopic (exact) mass is 532 g/mol. The molecule has 0 spiro atoms. The summed E-state index contributed by atoms with van der Waals surface area (Å²) in [4.78, 5) is 28.9. The molecule has 2 aromatic heterocycles. The molecule has 3 aromatic rings. The average Bonchev–Trinajstić information content (AvgIpc) is 2.87. The van der Waals surface area contributed by atoms with Crippen molar-refractivity contribution in [2.75, 3.05) is 37.6 Å². The molecule has 1 aliphatic heterocycles. The first-order valence-electron chi connectivity index (χ1n) is 12.7. The molecule has 0 N–H and O–H groups in total. The van der Waals surface area contributed by atoms with Gasteiger partial charge in [-0.3, -0.25) is 9.47 Å². The van der Waals surface area contributed by atoms with Gasteiger partial charge in [-0.25, -0.2) is 19.2 Å². The summed E-state index contributed by atoms with van der Waals surface area (Å²) in [6, 6.07) is 8.63. The predicted octanol–water partition coefficient (Wildman–Crippen LogP) is 4.76. The van der Waals surface area contributed by atoms with Gasteiger partial charge in [-0.05, 0) is 49.7 Å². The second kappa shape index (κ2) is 11.2. The first kappa shape index (κ1) is 27.7. The number of anilines is 1. The highest BCUT2D eigenvalue weighted by Crippen LogP contribution is 2.32. The molecule has 0 atom stereocenters. The van der Waals surface area contributed by atoms with E-state index in [0.717, 1.165) is 25.5 Å². The van der Waals surface area contributed by atoms with Crippen LogP contribution in [0.5, 0.6) is 0 Å². The number of benzene rings is 1. The fourth-order valence-electron chi connectivity index (χ4n) is 4.28. The maximum atomic E-state index is 13.4. The molecule has 3 heterocycles. The number of piperazine rings is 1. The quantitative estimate of drug-likeness (QED) is 0.323. The van der Waals surface area contributed by atoms with Crippen LogP contribution >= 0.6 is 0 Å². The number of rotatable bonds is 7. The van der Waals surface area contributed by atoms with Crippen molar-refractivity contribution in [3.05, 3.63) is 70.4 Å². The lowest BCUT2D eigenvalue weighted by molar-refractivity contribution is -0.141.